The highest BCUT2D eigenvalue weighted by atomic mass is 79.9. The summed E-state index contributed by atoms with van der Waals surface area (Å²) < 4.78 is 2.07. The third-order valence-corrected chi connectivity index (χ3v) is 5.19. The summed E-state index contributed by atoms with van der Waals surface area (Å²) in [5.74, 6) is 5.65. The van der Waals surface area contributed by atoms with Gasteiger partial charge in [-0.1, -0.05) is 27.5 Å². The van der Waals surface area contributed by atoms with Gasteiger partial charge in [-0.05, 0) is 51.1 Å². The van der Waals surface area contributed by atoms with Gasteiger partial charge in [0.25, 0.3) is 0 Å². The zero-order valence-electron chi connectivity index (χ0n) is 9.29. The number of benzene rings is 1. The van der Waals surface area contributed by atoms with Crippen LogP contribution in [0.1, 0.15) is 16.5 Å². The number of halogens is 3. The van der Waals surface area contributed by atoms with E-state index in [0.29, 0.717) is 5.02 Å². The lowest BCUT2D eigenvalue weighted by Gasteiger charge is -2.16. The highest BCUT2D eigenvalue weighted by Crippen LogP contribution is 2.30. The van der Waals surface area contributed by atoms with Crippen molar-refractivity contribution in [1.82, 2.24) is 5.43 Å². The van der Waals surface area contributed by atoms with Crippen molar-refractivity contribution in [2.75, 3.05) is 0 Å². The molecule has 0 bridgehead atoms. The third kappa shape index (κ3) is 3.56. The summed E-state index contributed by atoms with van der Waals surface area (Å²) in [6, 6.07) is 7.90. The van der Waals surface area contributed by atoms with E-state index in [9.17, 15) is 0 Å². The van der Waals surface area contributed by atoms with Gasteiger partial charge in [-0.15, -0.1) is 11.3 Å². The van der Waals surface area contributed by atoms with E-state index in [-0.39, 0.29) is 6.04 Å². The molecular weight excluding hydrogens is 399 g/mol. The standard InChI is InChI=1S/C12H11Br2ClN2S/c13-8-3-7(4-9(15)5-8)11(17-16)6-12-10(14)1-2-18-12/h1-5,11,17H,6,16H2. The quantitative estimate of drug-likeness (QED) is 0.568. The van der Waals surface area contributed by atoms with Crippen LogP contribution in [0.3, 0.4) is 0 Å². The minimum Gasteiger partial charge on any atom is -0.271 e. The van der Waals surface area contributed by atoms with Crippen LogP contribution in [0.4, 0.5) is 0 Å². The SMILES string of the molecule is NNC(Cc1sccc1Br)c1cc(Cl)cc(Br)c1. The van der Waals surface area contributed by atoms with Gasteiger partial charge < -0.3 is 0 Å². The Bertz CT molecular complexity index is 524. The predicted molar refractivity (Wildman–Crippen MR) is 84.9 cm³/mol. The summed E-state index contributed by atoms with van der Waals surface area (Å²) in [6.07, 6.45) is 0.821. The second-order valence-corrected chi connectivity index (χ2v) is 7.02. The predicted octanol–water partition coefficient (Wildman–Crippen LogP) is 4.67. The molecule has 6 heteroatoms. The van der Waals surface area contributed by atoms with E-state index in [1.807, 2.05) is 24.3 Å². The van der Waals surface area contributed by atoms with Crippen LogP contribution in [0.25, 0.3) is 0 Å². The van der Waals surface area contributed by atoms with Gasteiger partial charge in [-0.25, -0.2) is 0 Å². The molecule has 0 amide bonds. The Hall–Kier alpha value is 0.0900. The number of hydrogen-bond donors (Lipinski definition) is 2. The summed E-state index contributed by atoms with van der Waals surface area (Å²) in [4.78, 5) is 1.26. The maximum Gasteiger partial charge on any atom is 0.0509 e. The van der Waals surface area contributed by atoms with Crippen LogP contribution in [-0.4, -0.2) is 0 Å². The molecule has 1 aromatic carbocycles. The molecule has 2 rings (SSSR count). The molecule has 0 saturated heterocycles. The molecule has 0 radical (unpaired) electrons. The molecule has 3 N–H and O–H groups in total. The van der Waals surface area contributed by atoms with E-state index < -0.39 is 0 Å². The molecule has 1 unspecified atom stereocenters. The van der Waals surface area contributed by atoms with Crippen molar-refractivity contribution >= 4 is 54.8 Å². The topological polar surface area (TPSA) is 38.0 Å². The number of hydrazine groups is 1. The first-order chi connectivity index (χ1) is 8.60. The molecule has 1 atom stereocenters. The van der Waals surface area contributed by atoms with Crippen molar-refractivity contribution in [2.45, 2.75) is 12.5 Å². The lowest BCUT2D eigenvalue weighted by atomic mass is 10.0. The smallest absolute Gasteiger partial charge is 0.0509 e. The molecular formula is C12H11Br2ClN2S. The number of nitrogens with two attached hydrogens (primary N) is 1. The minimum atomic E-state index is 0.0370. The van der Waals surface area contributed by atoms with Gasteiger partial charge in [0.1, 0.15) is 0 Å². The summed E-state index contributed by atoms with van der Waals surface area (Å²) in [5.41, 5.74) is 3.91. The average molecular weight is 411 g/mol. The second kappa shape index (κ2) is 6.50. The Morgan fingerprint density at radius 3 is 2.67 bits per heavy atom. The highest BCUT2D eigenvalue weighted by molar-refractivity contribution is 9.10. The van der Waals surface area contributed by atoms with Gasteiger partial charge >= 0.3 is 0 Å². The van der Waals surface area contributed by atoms with E-state index in [0.717, 1.165) is 20.9 Å². The molecule has 2 nitrogen and oxygen atoms in total. The summed E-state index contributed by atoms with van der Waals surface area (Å²) in [5, 5.41) is 2.76. The summed E-state index contributed by atoms with van der Waals surface area (Å²) >= 11 is 14.7. The van der Waals surface area contributed by atoms with Gasteiger partial charge in [0.2, 0.25) is 0 Å². The third-order valence-electron chi connectivity index (χ3n) is 2.57. The molecule has 0 fully saturated rings. The maximum atomic E-state index is 6.06. The lowest BCUT2D eigenvalue weighted by molar-refractivity contribution is 0.555. The van der Waals surface area contributed by atoms with E-state index >= 15 is 0 Å². The minimum absolute atomic E-state index is 0.0370. The average Bonchev–Trinajstić information content (AvgIpc) is 2.70. The Morgan fingerprint density at radius 1 is 1.33 bits per heavy atom. The Balaban J connectivity index is 2.25. The molecule has 2 aromatic rings. The van der Waals surface area contributed by atoms with Gasteiger partial charge in [0.15, 0.2) is 0 Å². The summed E-state index contributed by atoms with van der Waals surface area (Å²) in [6.45, 7) is 0. The zero-order chi connectivity index (χ0) is 13.1. The first kappa shape index (κ1) is 14.5. The van der Waals surface area contributed by atoms with Crippen LogP contribution in [0.2, 0.25) is 5.02 Å². The lowest BCUT2D eigenvalue weighted by Crippen LogP contribution is -2.29. The van der Waals surface area contributed by atoms with Gasteiger partial charge in [0, 0.05) is 25.3 Å². The zero-order valence-corrected chi connectivity index (χ0v) is 14.0. The molecule has 1 aromatic heterocycles. The van der Waals surface area contributed by atoms with Crippen LogP contribution >= 0.6 is 54.8 Å². The van der Waals surface area contributed by atoms with Crippen LogP contribution < -0.4 is 11.3 Å². The summed E-state index contributed by atoms with van der Waals surface area (Å²) in [7, 11) is 0. The van der Waals surface area contributed by atoms with Crippen molar-refractivity contribution in [3.63, 3.8) is 0 Å². The molecule has 0 saturated carbocycles. The van der Waals surface area contributed by atoms with Gasteiger partial charge in [-0.3, -0.25) is 11.3 Å². The number of thiophene rings is 1. The van der Waals surface area contributed by atoms with Crippen molar-refractivity contribution in [1.29, 1.82) is 0 Å². The van der Waals surface area contributed by atoms with Crippen molar-refractivity contribution < 1.29 is 0 Å². The molecule has 0 aliphatic carbocycles. The number of rotatable bonds is 4. The molecule has 0 aliphatic heterocycles. The Kier molecular flexibility index (Phi) is 5.24. The van der Waals surface area contributed by atoms with Crippen molar-refractivity contribution in [3.05, 3.63) is 54.1 Å². The number of nitrogens with one attached hydrogen (secondary N) is 1. The van der Waals surface area contributed by atoms with Crippen molar-refractivity contribution in [2.24, 2.45) is 5.84 Å². The maximum absolute atomic E-state index is 6.06. The van der Waals surface area contributed by atoms with Gasteiger partial charge in [0.05, 0.1) is 6.04 Å². The van der Waals surface area contributed by atoms with Crippen LogP contribution in [0.15, 0.2) is 38.6 Å². The fourth-order valence-corrected chi connectivity index (χ4v) is 4.15. The van der Waals surface area contributed by atoms with Crippen LogP contribution in [0, 0.1) is 0 Å². The molecule has 1 heterocycles. The fourth-order valence-electron chi connectivity index (χ4n) is 1.71. The van der Waals surface area contributed by atoms with E-state index in [1.54, 1.807) is 11.3 Å². The van der Waals surface area contributed by atoms with E-state index in [1.165, 1.54) is 4.88 Å². The monoisotopic (exact) mass is 408 g/mol. The van der Waals surface area contributed by atoms with Crippen LogP contribution in [-0.2, 0) is 6.42 Å². The normalized spacial score (nSPS) is 12.7. The second-order valence-electron chi connectivity index (χ2n) is 3.82. The Morgan fingerprint density at radius 2 is 2.11 bits per heavy atom. The Labute approximate surface area is 132 Å². The van der Waals surface area contributed by atoms with E-state index in [4.69, 9.17) is 17.4 Å². The largest absolute Gasteiger partial charge is 0.271 e. The van der Waals surface area contributed by atoms with Crippen molar-refractivity contribution in [3.8, 4) is 0 Å². The molecule has 0 aliphatic rings. The van der Waals surface area contributed by atoms with E-state index in [2.05, 4.69) is 42.7 Å². The van der Waals surface area contributed by atoms with Crippen LogP contribution in [0.5, 0.6) is 0 Å². The molecule has 96 valence electrons. The molecule has 18 heavy (non-hydrogen) atoms. The fraction of sp³-hybridized carbons (Fsp3) is 0.167. The highest BCUT2D eigenvalue weighted by Gasteiger charge is 2.14. The first-order valence-electron chi connectivity index (χ1n) is 5.24. The number of hydrogen-bond acceptors (Lipinski definition) is 3. The molecule has 0 spiro atoms. The first-order valence-corrected chi connectivity index (χ1v) is 8.08. The van der Waals surface area contributed by atoms with Gasteiger partial charge in [-0.2, -0.15) is 0 Å².